The van der Waals surface area contributed by atoms with Gasteiger partial charge in [0.1, 0.15) is 12.4 Å². The van der Waals surface area contributed by atoms with Crippen LogP contribution in [0, 0.1) is 0 Å². The minimum absolute atomic E-state index is 0.107. The number of nitrogens with zero attached hydrogens (tertiary/aromatic N) is 2. The SMILES string of the molecule is C=C(C)COc1ccccc1C(=O)N(Cc1ccccn1)C(CC)CO. The zero-order valence-electron chi connectivity index (χ0n) is 15.4. The fourth-order valence-electron chi connectivity index (χ4n) is 2.61. The number of aliphatic hydroxyl groups is 1. The molecule has 0 saturated carbocycles. The number of pyridine rings is 1. The van der Waals surface area contributed by atoms with Crippen LogP contribution in [0.15, 0.2) is 60.8 Å². The number of benzene rings is 1. The van der Waals surface area contributed by atoms with E-state index in [1.165, 1.54) is 0 Å². The van der Waals surface area contributed by atoms with E-state index in [9.17, 15) is 9.90 Å². The highest BCUT2D eigenvalue weighted by Crippen LogP contribution is 2.23. The van der Waals surface area contributed by atoms with Crippen molar-refractivity contribution in [2.45, 2.75) is 32.9 Å². The van der Waals surface area contributed by atoms with Crippen molar-refractivity contribution in [3.63, 3.8) is 0 Å². The van der Waals surface area contributed by atoms with Gasteiger partial charge in [-0.15, -0.1) is 0 Å². The van der Waals surface area contributed by atoms with Crippen LogP contribution < -0.4 is 4.74 Å². The Bertz CT molecular complexity index is 727. The molecule has 2 aromatic rings. The fourth-order valence-corrected chi connectivity index (χ4v) is 2.61. The molecule has 26 heavy (non-hydrogen) atoms. The van der Waals surface area contributed by atoms with Crippen LogP contribution in [0.1, 0.15) is 36.3 Å². The molecule has 0 fully saturated rings. The van der Waals surface area contributed by atoms with Gasteiger partial charge in [0.2, 0.25) is 0 Å². The van der Waals surface area contributed by atoms with Gasteiger partial charge < -0.3 is 14.7 Å². The number of hydrogen-bond donors (Lipinski definition) is 1. The second-order valence-electron chi connectivity index (χ2n) is 6.24. The molecule has 0 aliphatic heterocycles. The lowest BCUT2D eigenvalue weighted by Crippen LogP contribution is -2.42. The summed E-state index contributed by atoms with van der Waals surface area (Å²) < 4.78 is 5.74. The zero-order chi connectivity index (χ0) is 18.9. The third-order valence-corrected chi connectivity index (χ3v) is 4.03. The van der Waals surface area contributed by atoms with E-state index >= 15 is 0 Å². The van der Waals surface area contributed by atoms with Crippen molar-refractivity contribution in [3.8, 4) is 5.75 Å². The third kappa shape index (κ3) is 5.17. The van der Waals surface area contributed by atoms with Crippen LogP contribution in [0.4, 0.5) is 0 Å². The van der Waals surface area contributed by atoms with Crippen molar-refractivity contribution in [2.24, 2.45) is 0 Å². The lowest BCUT2D eigenvalue weighted by atomic mass is 10.1. The Morgan fingerprint density at radius 2 is 2.00 bits per heavy atom. The monoisotopic (exact) mass is 354 g/mol. The van der Waals surface area contributed by atoms with Crippen LogP contribution >= 0.6 is 0 Å². The molecule has 1 amide bonds. The highest BCUT2D eigenvalue weighted by atomic mass is 16.5. The average Bonchev–Trinajstić information content (AvgIpc) is 2.67. The van der Waals surface area contributed by atoms with E-state index in [2.05, 4.69) is 11.6 Å². The smallest absolute Gasteiger partial charge is 0.258 e. The van der Waals surface area contributed by atoms with Gasteiger partial charge in [0.15, 0.2) is 0 Å². The van der Waals surface area contributed by atoms with E-state index < -0.39 is 0 Å². The molecule has 0 spiro atoms. The summed E-state index contributed by atoms with van der Waals surface area (Å²) in [5.41, 5.74) is 2.11. The van der Waals surface area contributed by atoms with Crippen molar-refractivity contribution in [1.82, 2.24) is 9.88 Å². The van der Waals surface area contributed by atoms with E-state index in [1.54, 1.807) is 29.3 Å². The molecule has 5 heteroatoms. The van der Waals surface area contributed by atoms with Gasteiger partial charge in [0, 0.05) is 6.20 Å². The summed E-state index contributed by atoms with van der Waals surface area (Å²) in [5, 5.41) is 9.76. The second-order valence-corrected chi connectivity index (χ2v) is 6.24. The number of ether oxygens (including phenoxy) is 1. The minimum Gasteiger partial charge on any atom is -0.488 e. The van der Waals surface area contributed by atoms with E-state index in [0.29, 0.717) is 30.9 Å². The molecular formula is C21H26N2O3. The Labute approximate surface area is 154 Å². The Balaban J connectivity index is 2.32. The first-order valence-corrected chi connectivity index (χ1v) is 8.74. The van der Waals surface area contributed by atoms with Crippen molar-refractivity contribution >= 4 is 5.91 Å². The lowest BCUT2D eigenvalue weighted by molar-refractivity contribution is 0.0556. The maximum absolute atomic E-state index is 13.3. The largest absolute Gasteiger partial charge is 0.488 e. The van der Waals surface area contributed by atoms with E-state index in [1.807, 2.05) is 38.1 Å². The Morgan fingerprint density at radius 3 is 2.62 bits per heavy atom. The predicted molar refractivity (Wildman–Crippen MR) is 102 cm³/mol. The summed E-state index contributed by atoms with van der Waals surface area (Å²) in [4.78, 5) is 19.2. The van der Waals surface area contributed by atoms with Gasteiger partial charge in [0.25, 0.3) is 5.91 Å². The molecule has 0 radical (unpaired) electrons. The van der Waals surface area contributed by atoms with Crippen LogP contribution in [0.5, 0.6) is 5.75 Å². The highest BCUT2D eigenvalue weighted by molar-refractivity contribution is 5.97. The number of aliphatic hydroxyl groups excluding tert-OH is 1. The molecule has 0 bridgehead atoms. The molecule has 0 aliphatic carbocycles. The first-order valence-electron chi connectivity index (χ1n) is 8.74. The fraction of sp³-hybridized carbons (Fsp3) is 0.333. The average molecular weight is 354 g/mol. The molecular weight excluding hydrogens is 328 g/mol. The van der Waals surface area contributed by atoms with Crippen LogP contribution in [0.3, 0.4) is 0 Å². The summed E-state index contributed by atoms with van der Waals surface area (Å²) in [5.74, 6) is 0.327. The first kappa shape index (κ1) is 19.7. The van der Waals surface area contributed by atoms with Gasteiger partial charge in [-0.1, -0.05) is 31.7 Å². The van der Waals surface area contributed by atoms with Crippen LogP contribution in [0.2, 0.25) is 0 Å². The van der Waals surface area contributed by atoms with E-state index in [0.717, 1.165) is 11.3 Å². The minimum atomic E-state index is -0.293. The molecule has 0 saturated heterocycles. The predicted octanol–water partition coefficient (Wildman–Crippen LogP) is 3.45. The Morgan fingerprint density at radius 1 is 1.27 bits per heavy atom. The van der Waals surface area contributed by atoms with E-state index in [4.69, 9.17) is 4.74 Å². The number of aromatic nitrogens is 1. The Hall–Kier alpha value is -2.66. The lowest BCUT2D eigenvalue weighted by Gasteiger charge is -2.30. The molecule has 1 N–H and O–H groups in total. The highest BCUT2D eigenvalue weighted by Gasteiger charge is 2.26. The molecule has 0 aliphatic rings. The summed E-state index contributed by atoms with van der Waals surface area (Å²) in [6.07, 6.45) is 2.34. The first-order chi connectivity index (χ1) is 12.6. The molecule has 2 rings (SSSR count). The molecule has 5 nitrogen and oxygen atoms in total. The summed E-state index contributed by atoms with van der Waals surface area (Å²) >= 11 is 0. The van der Waals surface area contributed by atoms with Gasteiger partial charge in [-0.05, 0) is 43.2 Å². The zero-order valence-corrected chi connectivity index (χ0v) is 15.4. The maximum Gasteiger partial charge on any atom is 0.258 e. The quantitative estimate of drug-likeness (QED) is 0.701. The summed E-state index contributed by atoms with van der Waals surface area (Å²) in [6, 6.07) is 12.4. The standard InChI is InChI=1S/C21H26N2O3/c1-4-18(14-24)23(13-17-9-7-8-12-22-17)21(25)19-10-5-6-11-20(19)26-15-16(2)3/h5-12,18,24H,2,4,13-15H2,1,3H3. The van der Waals surface area contributed by atoms with Crippen LogP contribution in [-0.4, -0.2) is 40.2 Å². The summed E-state index contributed by atoms with van der Waals surface area (Å²) in [7, 11) is 0. The summed E-state index contributed by atoms with van der Waals surface area (Å²) in [6.45, 7) is 8.22. The molecule has 1 aromatic carbocycles. The number of carbonyl (C=O) groups is 1. The number of para-hydroxylation sites is 1. The molecule has 1 unspecified atom stereocenters. The van der Waals surface area contributed by atoms with Crippen LogP contribution in [0.25, 0.3) is 0 Å². The number of hydrogen-bond acceptors (Lipinski definition) is 4. The van der Waals surface area contributed by atoms with Gasteiger partial charge in [0.05, 0.1) is 30.5 Å². The Kier molecular flexibility index (Phi) is 7.36. The van der Waals surface area contributed by atoms with Crippen molar-refractivity contribution in [2.75, 3.05) is 13.2 Å². The van der Waals surface area contributed by atoms with Crippen molar-refractivity contribution in [3.05, 3.63) is 72.1 Å². The van der Waals surface area contributed by atoms with E-state index in [-0.39, 0.29) is 18.6 Å². The molecule has 138 valence electrons. The number of rotatable bonds is 9. The van der Waals surface area contributed by atoms with Gasteiger partial charge in [-0.3, -0.25) is 9.78 Å². The van der Waals surface area contributed by atoms with Gasteiger partial charge in [-0.2, -0.15) is 0 Å². The van der Waals surface area contributed by atoms with Gasteiger partial charge >= 0.3 is 0 Å². The maximum atomic E-state index is 13.3. The van der Waals surface area contributed by atoms with Crippen molar-refractivity contribution in [1.29, 1.82) is 0 Å². The van der Waals surface area contributed by atoms with Gasteiger partial charge in [-0.25, -0.2) is 0 Å². The number of amides is 1. The molecule has 1 aromatic heterocycles. The molecule has 1 heterocycles. The number of carbonyl (C=O) groups excluding carboxylic acids is 1. The molecule has 1 atom stereocenters. The van der Waals surface area contributed by atoms with Crippen LogP contribution in [-0.2, 0) is 6.54 Å². The topological polar surface area (TPSA) is 62.7 Å². The third-order valence-electron chi connectivity index (χ3n) is 4.03. The van der Waals surface area contributed by atoms with Crippen molar-refractivity contribution < 1.29 is 14.6 Å². The second kappa shape index (κ2) is 9.73. The normalized spacial score (nSPS) is 11.7.